The molecule has 1 heteroatoms. The second kappa shape index (κ2) is 6.01. The first-order chi connectivity index (χ1) is 5.93. The summed E-state index contributed by atoms with van der Waals surface area (Å²) >= 11 is 0. The molecule has 66 valence electrons. The molecule has 0 fully saturated rings. The number of hydrogen-bond acceptors (Lipinski definition) is 0. The lowest BCUT2D eigenvalue weighted by molar-refractivity contribution is 0.877. The number of benzene rings is 1. The molecule has 0 nitrogen and oxygen atoms in total. The van der Waals surface area contributed by atoms with E-state index in [2.05, 4.69) is 37.3 Å². The normalized spacial score (nSPS) is 11.1. The Morgan fingerprint density at radius 2 is 1.92 bits per heavy atom. The Balaban J connectivity index is 2.16. The van der Waals surface area contributed by atoms with E-state index in [-0.39, 0.29) is 9.52 Å². The van der Waals surface area contributed by atoms with Crippen molar-refractivity contribution in [2.24, 2.45) is 0 Å². The fraction of sp³-hybridized carbons (Fsp3) is 0.455. The molecule has 1 rings (SSSR count). The Morgan fingerprint density at radius 1 is 1.17 bits per heavy atom. The van der Waals surface area contributed by atoms with Crippen LogP contribution in [-0.2, 0) is 6.04 Å². The lowest BCUT2D eigenvalue weighted by atomic mass is 10.2. The van der Waals surface area contributed by atoms with Gasteiger partial charge in [-0.05, 0) is 6.04 Å². The molecule has 0 saturated heterocycles. The average Bonchev–Trinajstić information content (AvgIpc) is 2.14. The van der Waals surface area contributed by atoms with Crippen molar-refractivity contribution in [1.82, 2.24) is 0 Å². The van der Waals surface area contributed by atoms with E-state index in [1.807, 2.05) is 0 Å². The van der Waals surface area contributed by atoms with Crippen molar-refractivity contribution in [3.8, 4) is 0 Å². The van der Waals surface area contributed by atoms with Crippen molar-refractivity contribution in [3.05, 3.63) is 35.9 Å². The highest BCUT2D eigenvalue weighted by Gasteiger charge is 1.91. The van der Waals surface area contributed by atoms with Crippen LogP contribution in [0.25, 0.3) is 0 Å². The van der Waals surface area contributed by atoms with E-state index in [9.17, 15) is 0 Å². The summed E-state index contributed by atoms with van der Waals surface area (Å²) in [6.07, 6.45) is 2.81. The van der Waals surface area contributed by atoms with Crippen LogP contribution in [0.4, 0.5) is 0 Å². The molecule has 0 N–H and O–H groups in total. The Hall–Kier alpha value is -0.563. The molecule has 0 radical (unpaired) electrons. The maximum absolute atomic E-state index is 2.27. The van der Waals surface area contributed by atoms with Gasteiger partial charge in [-0.1, -0.05) is 61.7 Å². The zero-order valence-corrected chi connectivity index (χ0v) is 9.34. The monoisotopic (exact) mass is 178 g/mol. The largest absolute Gasteiger partial charge is 0.0654 e. The van der Waals surface area contributed by atoms with Gasteiger partial charge in [0.2, 0.25) is 0 Å². The third-order valence-electron chi connectivity index (χ3n) is 2.16. The predicted octanol–water partition coefficient (Wildman–Crippen LogP) is 2.57. The summed E-state index contributed by atoms with van der Waals surface area (Å²) in [6, 6.07) is 13.8. The zero-order valence-electron chi connectivity index (χ0n) is 7.92. The molecule has 0 aliphatic carbocycles. The highest BCUT2D eigenvalue weighted by atomic mass is 28.2. The molecule has 0 spiro atoms. The van der Waals surface area contributed by atoms with Crippen LogP contribution in [0.2, 0.25) is 6.04 Å². The van der Waals surface area contributed by atoms with Gasteiger partial charge >= 0.3 is 0 Å². The first kappa shape index (κ1) is 9.52. The predicted molar refractivity (Wildman–Crippen MR) is 58.4 cm³/mol. The lowest BCUT2D eigenvalue weighted by Gasteiger charge is -1.98. The molecule has 0 saturated carbocycles. The van der Waals surface area contributed by atoms with Crippen LogP contribution in [0.15, 0.2) is 30.3 Å². The molecule has 0 amide bonds. The van der Waals surface area contributed by atoms with Crippen molar-refractivity contribution in [2.75, 3.05) is 0 Å². The van der Waals surface area contributed by atoms with Crippen LogP contribution in [0.1, 0.15) is 25.3 Å². The molecule has 1 aromatic rings. The second-order valence-corrected chi connectivity index (χ2v) is 5.21. The average molecular weight is 178 g/mol. The van der Waals surface area contributed by atoms with Gasteiger partial charge in [-0.3, -0.25) is 0 Å². The summed E-state index contributed by atoms with van der Waals surface area (Å²) in [4.78, 5) is 0. The second-order valence-electron chi connectivity index (χ2n) is 3.30. The van der Waals surface area contributed by atoms with Crippen molar-refractivity contribution in [1.29, 1.82) is 0 Å². The fourth-order valence-electron chi connectivity index (χ4n) is 1.40. The smallest absolute Gasteiger partial charge is 0.0247 e. The first-order valence-corrected chi connectivity index (χ1v) is 6.97. The Morgan fingerprint density at radius 3 is 2.58 bits per heavy atom. The van der Waals surface area contributed by atoms with E-state index in [1.165, 1.54) is 24.9 Å². The van der Waals surface area contributed by atoms with E-state index in [0.29, 0.717) is 0 Å². The van der Waals surface area contributed by atoms with Crippen LogP contribution >= 0.6 is 0 Å². The van der Waals surface area contributed by atoms with Gasteiger partial charge in [0.05, 0.1) is 0 Å². The fourth-order valence-corrected chi connectivity index (χ4v) is 3.25. The molecule has 0 aliphatic heterocycles. The summed E-state index contributed by atoms with van der Waals surface area (Å²) < 4.78 is 0. The minimum absolute atomic E-state index is 0.202. The lowest BCUT2D eigenvalue weighted by Crippen LogP contribution is -1.95. The maximum Gasteiger partial charge on any atom is 0.0247 e. The van der Waals surface area contributed by atoms with Crippen LogP contribution in [0.3, 0.4) is 0 Å². The maximum atomic E-state index is 2.27. The summed E-state index contributed by atoms with van der Waals surface area (Å²) in [7, 11) is 0.202. The van der Waals surface area contributed by atoms with Gasteiger partial charge in [0.25, 0.3) is 0 Å². The molecule has 0 atom stereocenters. The molecule has 0 bridgehead atoms. The highest BCUT2D eigenvalue weighted by molar-refractivity contribution is 6.34. The molecule has 0 unspecified atom stereocenters. The van der Waals surface area contributed by atoms with E-state index in [1.54, 1.807) is 5.56 Å². The Kier molecular flexibility index (Phi) is 4.77. The number of hydrogen-bond donors (Lipinski definition) is 0. The minimum Gasteiger partial charge on any atom is -0.0654 e. The van der Waals surface area contributed by atoms with Crippen LogP contribution in [0, 0.1) is 0 Å². The van der Waals surface area contributed by atoms with E-state index in [4.69, 9.17) is 0 Å². The van der Waals surface area contributed by atoms with Gasteiger partial charge in [0, 0.05) is 9.52 Å². The summed E-state index contributed by atoms with van der Waals surface area (Å²) in [5.74, 6) is 0. The first-order valence-electron chi connectivity index (χ1n) is 4.97. The molecule has 1 aromatic carbocycles. The Labute approximate surface area is 77.8 Å². The highest BCUT2D eigenvalue weighted by Crippen LogP contribution is 2.01. The van der Waals surface area contributed by atoms with Gasteiger partial charge in [0.15, 0.2) is 0 Å². The third kappa shape index (κ3) is 3.72. The van der Waals surface area contributed by atoms with Crippen LogP contribution in [0.5, 0.6) is 0 Å². The molecule has 12 heavy (non-hydrogen) atoms. The van der Waals surface area contributed by atoms with Crippen molar-refractivity contribution in [2.45, 2.75) is 31.9 Å². The van der Waals surface area contributed by atoms with E-state index in [0.717, 1.165) is 0 Å². The van der Waals surface area contributed by atoms with Gasteiger partial charge in [-0.15, -0.1) is 0 Å². The summed E-state index contributed by atoms with van der Waals surface area (Å²) in [6.45, 7) is 2.27. The van der Waals surface area contributed by atoms with Crippen molar-refractivity contribution < 1.29 is 0 Å². The summed E-state index contributed by atoms with van der Waals surface area (Å²) in [5.41, 5.74) is 1.54. The molecule has 0 aromatic heterocycles. The zero-order chi connectivity index (χ0) is 8.65. The third-order valence-corrected chi connectivity index (χ3v) is 4.09. The van der Waals surface area contributed by atoms with Gasteiger partial charge in [0.1, 0.15) is 0 Å². The van der Waals surface area contributed by atoms with Gasteiger partial charge < -0.3 is 0 Å². The van der Waals surface area contributed by atoms with Crippen LogP contribution < -0.4 is 0 Å². The van der Waals surface area contributed by atoms with Gasteiger partial charge in [-0.25, -0.2) is 0 Å². The quantitative estimate of drug-likeness (QED) is 0.480. The van der Waals surface area contributed by atoms with Crippen molar-refractivity contribution in [3.63, 3.8) is 0 Å². The van der Waals surface area contributed by atoms with Crippen molar-refractivity contribution >= 4 is 9.52 Å². The standard InChI is InChI=1S/C11H18Si/c1-2-3-9-12-10-11-7-5-4-6-8-11/h4-8H,2-3,9-10,12H2,1H3. The summed E-state index contributed by atoms with van der Waals surface area (Å²) in [5, 5.41) is 0. The molecule has 0 heterocycles. The number of rotatable bonds is 5. The minimum atomic E-state index is 0.202. The molecular weight excluding hydrogens is 160 g/mol. The molecular formula is C11H18Si. The SMILES string of the molecule is CCCC[SiH2]Cc1ccccc1. The van der Waals surface area contributed by atoms with E-state index >= 15 is 0 Å². The number of unbranched alkanes of at least 4 members (excludes halogenated alkanes) is 1. The van der Waals surface area contributed by atoms with Crippen LogP contribution in [-0.4, -0.2) is 9.52 Å². The van der Waals surface area contributed by atoms with E-state index < -0.39 is 0 Å². The topological polar surface area (TPSA) is 0 Å². The van der Waals surface area contributed by atoms with Gasteiger partial charge in [-0.2, -0.15) is 0 Å². The molecule has 0 aliphatic rings. The Bertz CT molecular complexity index is 193.